The van der Waals surface area contributed by atoms with Crippen molar-refractivity contribution in [2.75, 3.05) is 44.0 Å². The maximum Gasteiger partial charge on any atom is 0.229 e. The Balaban J connectivity index is 1.76. The first-order chi connectivity index (χ1) is 14.2. The molecule has 0 saturated carbocycles. The quantitative estimate of drug-likeness (QED) is 0.678. The zero-order valence-corrected chi connectivity index (χ0v) is 18.9. The van der Waals surface area contributed by atoms with Gasteiger partial charge in [-0.25, -0.2) is 9.37 Å². The van der Waals surface area contributed by atoms with E-state index < -0.39 is 5.67 Å². The van der Waals surface area contributed by atoms with Gasteiger partial charge >= 0.3 is 0 Å². The fraction of sp³-hybridized carbons (Fsp3) is 0.667. The van der Waals surface area contributed by atoms with Crippen molar-refractivity contribution in [3.8, 4) is 0 Å². The van der Waals surface area contributed by atoms with Crippen LogP contribution in [0, 0.1) is 6.92 Å². The molecule has 0 aromatic carbocycles. The highest BCUT2D eigenvalue weighted by molar-refractivity contribution is 5.58. The molecule has 30 heavy (non-hydrogen) atoms. The molecule has 0 bridgehead atoms. The van der Waals surface area contributed by atoms with Gasteiger partial charge in [0.05, 0.1) is 37.3 Å². The Hall–Kier alpha value is -2.26. The number of nitrogens with one attached hydrogen (secondary N) is 2. The molecule has 1 aliphatic heterocycles. The van der Waals surface area contributed by atoms with Crippen molar-refractivity contribution in [3.05, 3.63) is 23.7 Å². The fourth-order valence-electron chi connectivity index (χ4n) is 3.69. The van der Waals surface area contributed by atoms with Gasteiger partial charge in [0.2, 0.25) is 5.95 Å². The molecule has 0 spiro atoms. The van der Waals surface area contributed by atoms with E-state index in [1.54, 1.807) is 26.4 Å². The molecule has 166 valence electrons. The lowest BCUT2D eigenvalue weighted by Gasteiger charge is -2.40. The Kier molecular flexibility index (Phi) is 6.62. The van der Waals surface area contributed by atoms with Crippen molar-refractivity contribution in [2.24, 2.45) is 0 Å². The molecule has 1 unspecified atom stereocenters. The number of halogens is 1. The predicted octanol–water partition coefficient (Wildman–Crippen LogP) is 3.47. The summed E-state index contributed by atoms with van der Waals surface area (Å²) in [7, 11) is 1.73. The van der Waals surface area contributed by atoms with E-state index in [0.29, 0.717) is 23.8 Å². The number of rotatable bonds is 8. The number of hydrogen-bond acceptors (Lipinski definition) is 7. The van der Waals surface area contributed by atoms with Gasteiger partial charge in [-0.05, 0) is 34.1 Å². The van der Waals surface area contributed by atoms with Crippen molar-refractivity contribution in [1.82, 2.24) is 24.6 Å². The smallest absolute Gasteiger partial charge is 0.229 e. The van der Waals surface area contributed by atoms with E-state index in [1.807, 2.05) is 18.5 Å². The number of aromatic nitrogens is 4. The van der Waals surface area contributed by atoms with E-state index in [1.165, 1.54) is 0 Å². The minimum atomic E-state index is -1.48. The summed E-state index contributed by atoms with van der Waals surface area (Å²) >= 11 is 0. The molecule has 2 aromatic rings. The van der Waals surface area contributed by atoms with Gasteiger partial charge in [0.15, 0.2) is 0 Å². The van der Waals surface area contributed by atoms with Crippen LogP contribution in [-0.4, -0.2) is 63.5 Å². The third-order valence-electron chi connectivity index (χ3n) is 6.00. The summed E-state index contributed by atoms with van der Waals surface area (Å²) in [4.78, 5) is 11.2. The van der Waals surface area contributed by atoms with Crippen molar-refractivity contribution >= 4 is 17.5 Å². The number of morpholine rings is 1. The topological polar surface area (TPSA) is 80.1 Å². The van der Waals surface area contributed by atoms with Gasteiger partial charge in [-0.3, -0.25) is 9.58 Å². The molecule has 1 fully saturated rings. The van der Waals surface area contributed by atoms with E-state index >= 15 is 0 Å². The molecule has 2 aromatic heterocycles. The SMILES string of the molecule is CCC(C)(F)c1cnc(Nc2cnn(CC(C)(C)N3CCOCC3)c2C)nc1NC. The fourth-order valence-corrected chi connectivity index (χ4v) is 3.69. The standard InChI is InChI=1S/C21H34FN7O/c1-7-21(5,22)16-12-24-19(27-18(16)23-6)26-17-13-25-29(15(17)2)14-20(3,4)28-8-10-30-11-9-28/h12-13H,7-11,14H2,1-6H3,(H2,23,24,26,27). The second-order valence-electron chi connectivity index (χ2n) is 8.60. The molecular weight excluding hydrogens is 385 g/mol. The molecule has 1 saturated heterocycles. The van der Waals surface area contributed by atoms with Gasteiger partial charge in [-0.1, -0.05) is 6.92 Å². The molecular formula is C21H34FN7O. The van der Waals surface area contributed by atoms with Gasteiger partial charge in [-0.15, -0.1) is 0 Å². The molecule has 1 aliphatic rings. The van der Waals surface area contributed by atoms with E-state index in [9.17, 15) is 4.39 Å². The normalized spacial score (nSPS) is 17.6. The van der Waals surface area contributed by atoms with E-state index in [0.717, 1.165) is 44.2 Å². The van der Waals surface area contributed by atoms with Crippen LogP contribution in [0.4, 0.5) is 21.8 Å². The van der Waals surface area contributed by atoms with Crippen LogP contribution in [0.1, 0.15) is 45.4 Å². The lowest BCUT2D eigenvalue weighted by atomic mass is 9.97. The summed E-state index contributed by atoms with van der Waals surface area (Å²) in [5.41, 5.74) is 0.766. The lowest BCUT2D eigenvalue weighted by molar-refractivity contribution is -0.0168. The molecule has 0 amide bonds. The maximum atomic E-state index is 14.8. The third-order valence-corrected chi connectivity index (χ3v) is 6.00. The van der Waals surface area contributed by atoms with Gasteiger partial charge in [0.25, 0.3) is 0 Å². The largest absolute Gasteiger partial charge is 0.379 e. The number of anilines is 3. The third kappa shape index (κ3) is 4.73. The summed E-state index contributed by atoms with van der Waals surface area (Å²) < 4.78 is 22.2. The summed E-state index contributed by atoms with van der Waals surface area (Å²) in [5.74, 6) is 0.892. The van der Waals surface area contributed by atoms with Crippen LogP contribution in [0.3, 0.4) is 0 Å². The van der Waals surface area contributed by atoms with Crippen LogP contribution in [0.2, 0.25) is 0 Å². The van der Waals surface area contributed by atoms with Crippen LogP contribution in [0.5, 0.6) is 0 Å². The summed E-state index contributed by atoms with van der Waals surface area (Å²) in [6.07, 6.45) is 3.68. The van der Waals surface area contributed by atoms with Crippen LogP contribution in [-0.2, 0) is 17.0 Å². The summed E-state index contributed by atoms with van der Waals surface area (Å²) in [6.45, 7) is 14.0. The zero-order valence-electron chi connectivity index (χ0n) is 18.9. The first kappa shape index (κ1) is 22.4. The number of alkyl halides is 1. The predicted molar refractivity (Wildman–Crippen MR) is 117 cm³/mol. The van der Waals surface area contributed by atoms with Crippen LogP contribution < -0.4 is 10.6 Å². The molecule has 8 nitrogen and oxygen atoms in total. The Bertz CT molecular complexity index is 859. The highest BCUT2D eigenvalue weighted by Crippen LogP contribution is 2.33. The molecule has 9 heteroatoms. The average molecular weight is 420 g/mol. The molecule has 0 aliphatic carbocycles. The zero-order chi connectivity index (χ0) is 21.9. The molecule has 3 rings (SSSR count). The van der Waals surface area contributed by atoms with Gasteiger partial charge in [0.1, 0.15) is 11.5 Å². The van der Waals surface area contributed by atoms with Gasteiger partial charge in [-0.2, -0.15) is 10.1 Å². The van der Waals surface area contributed by atoms with Crippen molar-refractivity contribution in [1.29, 1.82) is 0 Å². The minimum Gasteiger partial charge on any atom is -0.379 e. The molecule has 1 atom stereocenters. The highest BCUT2D eigenvalue weighted by Gasteiger charge is 2.30. The molecule has 0 radical (unpaired) electrons. The van der Waals surface area contributed by atoms with Crippen LogP contribution in [0.15, 0.2) is 12.4 Å². The Morgan fingerprint density at radius 1 is 1.20 bits per heavy atom. The number of hydrogen-bond donors (Lipinski definition) is 2. The number of ether oxygens (including phenoxy) is 1. The van der Waals surface area contributed by atoms with E-state index in [2.05, 4.69) is 44.4 Å². The molecule has 2 N–H and O–H groups in total. The molecule has 3 heterocycles. The Morgan fingerprint density at radius 3 is 2.53 bits per heavy atom. The second kappa shape index (κ2) is 8.85. The minimum absolute atomic E-state index is 0.0407. The Labute approximate surface area is 178 Å². The van der Waals surface area contributed by atoms with Crippen LogP contribution >= 0.6 is 0 Å². The van der Waals surface area contributed by atoms with Gasteiger partial charge < -0.3 is 15.4 Å². The number of nitrogens with zero attached hydrogens (tertiary/aromatic N) is 5. The van der Waals surface area contributed by atoms with Crippen molar-refractivity contribution in [3.63, 3.8) is 0 Å². The van der Waals surface area contributed by atoms with E-state index in [4.69, 9.17) is 4.74 Å². The first-order valence-electron chi connectivity index (χ1n) is 10.5. The van der Waals surface area contributed by atoms with E-state index in [-0.39, 0.29) is 5.54 Å². The summed E-state index contributed by atoms with van der Waals surface area (Å²) in [6, 6.07) is 0. The first-order valence-corrected chi connectivity index (χ1v) is 10.5. The summed E-state index contributed by atoms with van der Waals surface area (Å²) in [5, 5.41) is 10.8. The average Bonchev–Trinajstić information content (AvgIpc) is 3.07. The highest BCUT2D eigenvalue weighted by atomic mass is 19.1. The second-order valence-corrected chi connectivity index (χ2v) is 8.60. The monoisotopic (exact) mass is 419 g/mol. The van der Waals surface area contributed by atoms with Gasteiger partial charge in [0, 0.05) is 37.4 Å². The van der Waals surface area contributed by atoms with Crippen molar-refractivity contribution in [2.45, 2.75) is 58.8 Å². The van der Waals surface area contributed by atoms with Crippen molar-refractivity contribution < 1.29 is 9.13 Å². The van der Waals surface area contributed by atoms with Crippen LogP contribution in [0.25, 0.3) is 0 Å². The maximum absolute atomic E-state index is 14.8. The lowest BCUT2D eigenvalue weighted by Crippen LogP contribution is -2.52. The Morgan fingerprint density at radius 2 is 1.90 bits per heavy atom.